The first-order valence-electron chi connectivity index (χ1n) is 7.28. The van der Waals surface area contributed by atoms with Gasteiger partial charge in [0.05, 0.1) is 5.69 Å². The molecule has 6 heteroatoms. The Balaban J connectivity index is 2.01. The Bertz CT molecular complexity index is 862. The van der Waals surface area contributed by atoms with E-state index in [9.17, 15) is 9.90 Å². The number of carboxylic acids is 1. The Morgan fingerprint density at radius 2 is 1.96 bits per heavy atom. The summed E-state index contributed by atoms with van der Waals surface area (Å²) in [6, 6.07) is 15.7. The fourth-order valence-corrected chi connectivity index (χ4v) is 2.55. The highest BCUT2D eigenvalue weighted by Gasteiger charge is 2.23. The van der Waals surface area contributed by atoms with Crippen LogP contribution in [0, 0.1) is 0 Å². The number of benzene rings is 2. The SMILES string of the molecule is Cn1ccc(-c2cc(Cl)ccc2OC(C(=O)O)c2ccccc2)n1. The first-order chi connectivity index (χ1) is 11.5. The molecule has 0 radical (unpaired) electrons. The first kappa shape index (κ1) is 16.1. The van der Waals surface area contributed by atoms with E-state index in [1.165, 1.54) is 0 Å². The predicted octanol–water partition coefficient (Wildman–Crippen LogP) is 3.95. The molecule has 2 aromatic carbocycles. The van der Waals surface area contributed by atoms with Gasteiger partial charge in [0.1, 0.15) is 5.75 Å². The number of halogens is 1. The molecule has 1 heterocycles. The van der Waals surface area contributed by atoms with Gasteiger partial charge in [0.25, 0.3) is 0 Å². The highest BCUT2D eigenvalue weighted by molar-refractivity contribution is 6.30. The number of ether oxygens (including phenoxy) is 1. The van der Waals surface area contributed by atoms with Crippen molar-refractivity contribution in [1.82, 2.24) is 9.78 Å². The van der Waals surface area contributed by atoms with Crippen LogP contribution in [0.3, 0.4) is 0 Å². The summed E-state index contributed by atoms with van der Waals surface area (Å²) in [5.41, 5.74) is 1.87. The Morgan fingerprint density at radius 1 is 1.21 bits per heavy atom. The van der Waals surface area contributed by atoms with Crippen LogP contribution < -0.4 is 4.74 Å². The van der Waals surface area contributed by atoms with Gasteiger partial charge in [0.15, 0.2) is 0 Å². The summed E-state index contributed by atoms with van der Waals surface area (Å²) in [4.78, 5) is 11.7. The fourth-order valence-electron chi connectivity index (χ4n) is 2.38. The monoisotopic (exact) mass is 342 g/mol. The van der Waals surface area contributed by atoms with Gasteiger partial charge in [0, 0.05) is 29.4 Å². The summed E-state index contributed by atoms with van der Waals surface area (Å²) in [7, 11) is 1.80. The standard InChI is InChI=1S/C18H15ClN2O3/c1-21-10-9-15(20-21)14-11-13(19)7-8-16(14)24-17(18(22)23)12-5-3-2-4-6-12/h2-11,17H,1H3,(H,22,23). The van der Waals surface area contributed by atoms with Crippen LogP contribution in [0.25, 0.3) is 11.3 Å². The summed E-state index contributed by atoms with van der Waals surface area (Å²) in [5, 5.41) is 14.4. The van der Waals surface area contributed by atoms with E-state index >= 15 is 0 Å². The van der Waals surface area contributed by atoms with Crippen LogP contribution in [0.4, 0.5) is 0 Å². The molecule has 5 nitrogen and oxygen atoms in total. The number of carbonyl (C=O) groups is 1. The summed E-state index contributed by atoms with van der Waals surface area (Å²) in [5.74, 6) is -0.655. The van der Waals surface area contributed by atoms with Crippen molar-refractivity contribution in [3.63, 3.8) is 0 Å². The minimum Gasteiger partial charge on any atom is -0.478 e. The van der Waals surface area contributed by atoms with E-state index in [1.54, 1.807) is 60.4 Å². The number of rotatable bonds is 5. The molecule has 0 amide bonds. The van der Waals surface area contributed by atoms with Crippen molar-refractivity contribution in [2.45, 2.75) is 6.10 Å². The number of aliphatic carboxylic acids is 1. The lowest BCUT2D eigenvalue weighted by atomic mass is 10.1. The van der Waals surface area contributed by atoms with Gasteiger partial charge in [0.2, 0.25) is 6.10 Å². The molecule has 1 N–H and O–H groups in total. The molecule has 24 heavy (non-hydrogen) atoms. The molecule has 3 rings (SSSR count). The molecule has 0 bridgehead atoms. The third kappa shape index (κ3) is 3.41. The second kappa shape index (κ2) is 6.76. The van der Waals surface area contributed by atoms with Gasteiger partial charge in [-0.2, -0.15) is 5.10 Å². The molecule has 3 aromatic rings. The number of carboxylic acid groups (broad SMARTS) is 1. The zero-order valence-electron chi connectivity index (χ0n) is 12.9. The quantitative estimate of drug-likeness (QED) is 0.762. The number of aromatic nitrogens is 2. The van der Waals surface area contributed by atoms with Gasteiger partial charge in [-0.05, 0) is 24.3 Å². The van der Waals surface area contributed by atoms with Crippen molar-refractivity contribution in [2.24, 2.45) is 7.05 Å². The molecule has 0 saturated carbocycles. The minimum atomic E-state index is -1.12. The zero-order chi connectivity index (χ0) is 17.1. The van der Waals surface area contributed by atoms with Crippen molar-refractivity contribution in [1.29, 1.82) is 0 Å². The lowest BCUT2D eigenvalue weighted by molar-refractivity contribution is -0.145. The van der Waals surface area contributed by atoms with Crippen molar-refractivity contribution >= 4 is 17.6 Å². The average molecular weight is 343 g/mol. The second-order valence-corrected chi connectivity index (χ2v) is 5.70. The molecule has 1 aromatic heterocycles. The molecule has 1 unspecified atom stereocenters. The summed E-state index contributed by atoms with van der Waals surface area (Å²) in [6.07, 6.45) is 0.682. The van der Waals surface area contributed by atoms with E-state index in [0.29, 0.717) is 27.6 Å². The molecule has 122 valence electrons. The van der Waals surface area contributed by atoms with Crippen molar-refractivity contribution < 1.29 is 14.6 Å². The Morgan fingerprint density at radius 3 is 2.58 bits per heavy atom. The molecular formula is C18H15ClN2O3. The maximum atomic E-state index is 11.7. The van der Waals surface area contributed by atoms with Gasteiger partial charge in [-0.15, -0.1) is 0 Å². The van der Waals surface area contributed by atoms with Crippen LogP contribution in [0.5, 0.6) is 5.75 Å². The van der Waals surface area contributed by atoms with Crippen LogP contribution in [0.1, 0.15) is 11.7 Å². The van der Waals surface area contributed by atoms with Crippen molar-refractivity contribution in [3.05, 3.63) is 71.4 Å². The maximum Gasteiger partial charge on any atom is 0.349 e. The molecular weight excluding hydrogens is 328 g/mol. The third-order valence-electron chi connectivity index (χ3n) is 3.50. The molecule has 0 aliphatic carbocycles. The van der Waals surface area contributed by atoms with Gasteiger partial charge >= 0.3 is 5.97 Å². The smallest absolute Gasteiger partial charge is 0.349 e. The van der Waals surface area contributed by atoms with Crippen LogP contribution in [0.2, 0.25) is 5.02 Å². The Kier molecular flexibility index (Phi) is 4.53. The average Bonchev–Trinajstić information content (AvgIpc) is 3.00. The van der Waals surface area contributed by atoms with E-state index in [4.69, 9.17) is 16.3 Å². The van der Waals surface area contributed by atoms with E-state index in [-0.39, 0.29) is 0 Å². The van der Waals surface area contributed by atoms with Crippen LogP contribution >= 0.6 is 11.6 Å². The van der Waals surface area contributed by atoms with Crippen molar-refractivity contribution in [3.8, 4) is 17.0 Å². The van der Waals surface area contributed by atoms with Crippen LogP contribution in [-0.4, -0.2) is 20.9 Å². The largest absolute Gasteiger partial charge is 0.478 e. The minimum absolute atomic E-state index is 0.411. The third-order valence-corrected chi connectivity index (χ3v) is 3.74. The molecule has 0 aliphatic heterocycles. The van der Waals surface area contributed by atoms with Gasteiger partial charge < -0.3 is 9.84 Å². The van der Waals surface area contributed by atoms with Gasteiger partial charge in [-0.1, -0.05) is 41.9 Å². The molecule has 0 saturated heterocycles. The number of nitrogens with zero attached hydrogens (tertiary/aromatic N) is 2. The van der Waals surface area contributed by atoms with Gasteiger partial charge in [-0.25, -0.2) is 4.79 Å². The molecule has 0 aliphatic rings. The normalized spacial score (nSPS) is 11.9. The first-order valence-corrected chi connectivity index (χ1v) is 7.66. The van der Waals surface area contributed by atoms with E-state index in [0.717, 1.165) is 0 Å². The van der Waals surface area contributed by atoms with E-state index < -0.39 is 12.1 Å². The molecule has 0 fully saturated rings. The predicted molar refractivity (Wildman–Crippen MR) is 91.1 cm³/mol. The lowest BCUT2D eigenvalue weighted by Crippen LogP contribution is -2.18. The Labute approximate surface area is 144 Å². The van der Waals surface area contributed by atoms with E-state index in [1.807, 2.05) is 12.1 Å². The maximum absolute atomic E-state index is 11.7. The van der Waals surface area contributed by atoms with Gasteiger partial charge in [-0.3, -0.25) is 4.68 Å². The van der Waals surface area contributed by atoms with Crippen LogP contribution in [-0.2, 0) is 11.8 Å². The molecule has 0 spiro atoms. The summed E-state index contributed by atoms with van der Waals surface area (Å²) >= 11 is 6.08. The summed E-state index contributed by atoms with van der Waals surface area (Å²) in [6.45, 7) is 0. The van der Waals surface area contributed by atoms with E-state index in [2.05, 4.69) is 5.10 Å². The van der Waals surface area contributed by atoms with Crippen LogP contribution in [0.15, 0.2) is 60.8 Å². The molecule has 1 atom stereocenters. The highest BCUT2D eigenvalue weighted by atomic mass is 35.5. The zero-order valence-corrected chi connectivity index (χ0v) is 13.6. The fraction of sp³-hybridized carbons (Fsp3) is 0.111. The highest BCUT2D eigenvalue weighted by Crippen LogP contribution is 2.34. The Hall–Kier alpha value is -2.79. The number of hydrogen-bond acceptors (Lipinski definition) is 3. The number of hydrogen-bond donors (Lipinski definition) is 1. The number of aryl methyl sites for hydroxylation is 1. The topological polar surface area (TPSA) is 64.3 Å². The van der Waals surface area contributed by atoms with Crippen molar-refractivity contribution in [2.75, 3.05) is 0 Å². The lowest BCUT2D eigenvalue weighted by Gasteiger charge is -2.17. The summed E-state index contributed by atoms with van der Waals surface area (Å²) < 4.78 is 7.46. The second-order valence-electron chi connectivity index (χ2n) is 5.26.